The van der Waals surface area contributed by atoms with Crippen LogP contribution in [0.15, 0.2) is 0 Å². The van der Waals surface area contributed by atoms with Gasteiger partial charge in [-0.05, 0) is 87.4 Å². The quantitative estimate of drug-likeness (QED) is 0.694. The molecule has 4 aliphatic rings. The van der Waals surface area contributed by atoms with Gasteiger partial charge in [0.25, 0.3) is 0 Å². The average Bonchev–Trinajstić information content (AvgIpc) is 2.88. The van der Waals surface area contributed by atoms with Crippen LogP contribution in [0.5, 0.6) is 0 Å². The molecule has 0 aromatic rings. The van der Waals surface area contributed by atoms with E-state index in [0.29, 0.717) is 24.2 Å². The Morgan fingerprint density at radius 2 is 1.59 bits per heavy atom. The maximum absolute atomic E-state index is 11.8. The van der Waals surface area contributed by atoms with Crippen molar-refractivity contribution in [2.75, 3.05) is 0 Å². The number of rotatable bonds is 2. The Hall–Kier alpha value is -1.10. The van der Waals surface area contributed by atoms with Crippen molar-refractivity contribution in [2.24, 2.45) is 34.5 Å². The van der Waals surface area contributed by atoms with Gasteiger partial charge in [-0.25, -0.2) is 0 Å². The summed E-state index contributed by atoms with van der Waals surface area (Å²) in [4.78, 5) is 23.1. The molecule has 4 rings (SSSR count). The standard InChI is InChI=1S/C24H38O5/c1-14(25)28-17-10-11-22(3)16(12-17)6-7-18-19-8-9-20(29-15(2)26)23(19,4)13-24(5,27)21(18)22/h16-21,27H,6-13H2,1-5H3/t16-,17+,18-,19-,20-,21-,22-,23-,24-/m0/s1. The fourth-order valence-corrected chi connectivity index (χ4v) is 8.69. The highest BCUT2D eigenvalue weighted by Gasteiger charge is 2.67. The van der Waals surface area contributed by atoms with Gasteiger partial charge in [-0.2, -0.15) is 0 Å². The molecule has 5 nitrogen and oxygen atoms in total. The molecule has 4 aliphatic carbocycles. The third-order valence-electron chi connectivity index (χ3n) is 9.36. The molecule has 29 heavy (non-hydrogen) atoms. The molecule has 0 bridgehead atoms. The zero-order chi connectivity index (χ0) is 21.2. The highest BCUT2D eigenvalue weighted by molar-refractivity contribution is 5.66. The van der Waals surface area contributed by atoms with Crippen LogP contribution in [0.4, 0.5) is 0 Å². The summed E-state index contributed by atoms with van der Waals surface area (Å²) in [5, 5.41) is 11.8. The van der Waals surface area contributed by atoms with E-state index in [2.05, 4.69) is 13.8 Å². The summed E-state index contributed by atoms with van der Waals surface area (Å²) >= 11 is 0. The first-order chi connectivity index (χ1) is 13.5. The number of aliphatic hydroxyl groups is 1. The van der Waals surface area contributed by atoms with Crippen LogP contribution in [0.25, 0.3) is 0 Å². The van der Waals surface area contributed by atoms with Crippen molar-refractivity contribution in [3.8, 4) is 0 Å². The zero-order valence-corrected chi connectivity index (χ0v) is 18.7. The number of hydrogen-bond acceptors (Lipinski definition) is 5. The van der Waals surface area contributed by atoms with Crippen molar-refractivity contribution >= 4 is 11.9 Å². The van der Waals surface area contributed by atoms with Gasteiger partial charge < -0.3 is 14.6 Å². The van der Waals surface area contributed by atoms with Crippen molar-refractivity contribution in [3.05, 3.63) is 0 Å². The highest BCUT2D eigenvalue weighted by atomic mass is 16.5. The summed E-state index contributed by atoms with van der Waals surface area (Å²) in [6, 6.07) is 0. The second-order valence-corrected chi connectivity index (χ2v) is 11.2. The van der Waals surface area contributed by atoms with Gasteiger partial charge in [0, 0.05) is 19.3 Å². The van der Waals surface area contributed by atoms with Crippen LogP contribution < -0.4 is 0 Å². The lowest BCUT2D eigenvalue weighted by Crippen LogP contribution is -2.64. The molecule has 0 aromatic carbocycles. The Morgan fingerprint density at radius 1 is 0.897 bits per heavy atom. The van der Waals surface area contributed by atoms with Gasteiger partial charge in [0.2, 0.25) is 0 Å². The van der Waals surface area contributed by atoms with Crippen LogP contribution in [-0.2, 0) is 19.1 Å². The van der Waals surface area contributed by atoms with E-state index in [1.165, 1.54) is 13.8 Å². The molecule has 0 unspecified atom stereocenters. The second kappa shape index (κ2) is 6.96. The van der Waals surface area contributed by atoms with Crippen molar-refractivity contribution in [2.45, 2.75) is 104 Å². The monoisotopic (exact) mass is 406 g/mol. The highest BCUT2D eigenvalue weighted by Crippen LogP contribution is 2.69. The number of ether oxygens (including phenoxy) is 2. The van der Waals surface area contributed by atoms with Crippen molar-refractivity contribution in [1.29, 1.82) is 0 Å². The summed E-state index contributed by atoms with van der Waals surface area (Å²) in [6.07, 6.45) is 7.71. The van der Waals surface area contributed by atoms with Gasteiger partial charge in [0.15, 0.2) is 0 Å². The first kappa shape index (κ1) is 21.1. The lowest BCUT2D eigenvalue weighted by molar-refractivity contribution is -0.228. The number of carbonyl (C=O) groups is 2. The first-order valence-corrected chi connectivity index (χ1v) is 11.5. The third kappa shape index (κ3) is 3.32. The Labute approximate surface area is 174 Å². The van der Waals surface area contributed by atoms with E-state index < -0.39 is 5.60 Å². The van der Waals surface area contributed by atoms with Crippen LogP contribution in [-0.4, -0.2) is 34.9 Å². The minimum absolute atomic E-state index is 0.0285. The Morgan fingerprint density at radius 3 is 2.24 bits per heavy atom. The minimum atomic E-state index is -0.777. The van der Waals surface area contributed by atoms with E-state index in [-0.39, 0.29) is 40.9 Å². The van der Waals surface area contributed by atoms with Gasteiger partial charge in [0.05, 0.1) is 5.60 Å². The fourth-order valence-electron chi connectivity index (χ4n) is 8.69. The van der Waals surface area contributed by atoms with Gasteiger partial charge in [0.1, 0.15) is 12.2 Å². The van der Waals surface area contributed by atoms with E-state index in [1.54, 1.807) is 0 Å². The molecule has 164 valence electrons. The van der Waals surface area contributed by atoms with Crippen LogP contribution in [0.2, 0.25) is 0 Å². The summed E-state index contributed by atoms with van der Waals surface area (Å²) in [7, 11) is 0. The summed E-state index contributed by atoms with van der Waals surface area (Å²) in [5.74, 6) is 1.31. The average molecular weight is 407 g/mol. The van der Waals surface area contributed by atoms with E-state index >= 15 is 0 Å². The van der Waals surface area contributed by atoms with E-state index in [4.69, 9.17) is 9.47 Å². The second-order valence-electron chi connectivity index (χ2n) is 11.2. The normalized spacial score (nSPS) is 51.4. The fraction of sp³-hybridized carbons (Fsp3) is 0.917. The number of hydrogen-bond donors (Lipinski definition) is 1. The van der Waals surface area contributed by atoms with E-state index in [9.17, 15) is 14.7 Å². The molecule has 4 saturated carbocycles. The van der Waals surface area contributed by atoms with Crippen molar-refractivity contribution in [1.82, 2.24) is 0 Å². The number of carbonyl (C=O) groups excluding carboxylic acids is 2. The maximum Gasteiger partial charge on any atom is 0.302 e. The third-order valence-corrected chi connectivity index (χ3v) is 9.36. The lowest BCUT2D eigenvalue weighted by Gasteiger charge is -2.65. The minimum Gasteiger partial charge on any atom is -0.463 e. The number of fused-ring (bicyclic) bond motifs is 5. The molecule has 9 atom stereocenters. The summed E-state index contributed by atoms with van der Waals surface area (Å²) < 4.78 is 11.3. The predicted octanol–water partition coefficient (Wildman–Crippen LogP) is 4.25. The van der Waals surface area contributed by atoms with Crippen molar-refractivity contribution in [3.63, 3.8) is 0 Å². The van der Waals surface area contributed by atoms with Gasteiger partial charge >= 0.3 is 11.9 Å². The van der Waals surface area contributed by atoms with Gasteiger partial charge in [-0.1, -0.05) is 13.8 Å². The maximum atomic E-state index is 11.8. The number of esters is 2. The molecule has 1 N–H and O–H groups in total. The molecule has 0 amide bonds. The molecule has 4 fully saturated rings. The van der Waals surface area contributed by atoms with E-state index in [1.807, 2.05) is 6.92 Å². The van der Waals surface area contributed by atoms with Crippen molar-refractivity contribution < 1.29 is 24.2 Å². The summed E-state index contributed by atoms with van der Waals surface area (Å²) in [6.45, 7) is 9.65. The largest absolute Gasteiger partial charge is 0.463 e. The molecule has 0 aliphatic heterocycles. The molecule has 0 aromatic heterocycles. The molecule has 0 spiro atoms. The topological polar surface area (TPSA) is 72.8 Å². The SMILES string of the molecule is CC(=O)O[C@@H]1CC[C@@]2(C)[C@@H](CC[C@H]3[C@@H]4CC[C@H](OC(C)=O)[C@@]4(C)C[C@](C)(O)[C@@H]32)C1. The van der Waals surface area contributed by atoms with Gasteiger partial charge in [-0.3, -0.25) is 9.59 Å². The first-order valence-electron chi connectivity index (χ1n) is 11.5. The van der Waals surface area contributed by atoms with E-state index in [0.717, 1.165) is 44.9 Å². The van der Waals surface area contributed by atoms with Crippen LogP contribution in [0.3, 0.4) is 0 Å². The molecule has 5 heteroatoms. The van der Waals surface area contributed by atoms with Gasteiger partial charge in [-0.15, -0.1) is 0 Å². The molecule has 0 heterocycles. The zero-order valence-electron chi connectivity index (χ0n) is 18.7. The van der Waals surface area contributed by atoms with Crippen LogP contribution >= 0.6 is 0 Å². The predicted molar refractivity (Wildman–Crippen MR) is 109 cm³/mol. The summed E-state index contributed by atoms with van der Waals surface area (Å²) in [5.41, 5.74) is -0.848. The Balaban J connectivity index is 1.61. The molecular weight excluding hydrogens is 368 g/mol. The lowest BCUT2D eigenvalue weighted by atomic mass is 9.41. The molecule has 0 radical (unpaired) electrons. The van der Waals surface area contributed by atoms with Crippen LogP contribution in [0, 0.1) is 34.5 Å². The Kier molecular flexibility index (Phi) is 5.08. The van der Waals surface area contributed by atoms with Crippen LogP contribution in [0.1, 0.15) is 86.0 Å². The molecular formula is C24H38O5. The Bertz CT molecular complexity index is 687. The smallest absolute Gasteiger partial charge is 0.302 e. The molecule has 0 saturated heterocycles.